The second-order valence-corrected chi connectivity index (χ2v) is 8.00. The molecule has 1 saturated heterocycles. The van der Waals surface area contributed by atoms with E-state index in [1.165, 1.54) is 12.8 Å². The van der Waals surface area contributed by atoms with Gasteiger partial charge in [-0.25, -0.2) is 0 Å². The number of amides is 1. The summed E-state index contributed by atoms with van der Waals surface area (Å²) in [5.41, 5.74) is 0.623. The fraction of sp³-hybridized carbons (Fsp3) is 0.941. The molecule has 1 amide bonds. The highest BCUT2D eigenvalue weighted by Crippen LogP contribution is 2.65. The fourth-order valence-corrected chi connectivity index (χ4v) is 4.82. The first kappa shape index (κ1) is 15.3. The van der Waals surface area contributed by atoms with Gasteiger partial charge in [-0.1, -0.05) is 20.8 Å². The van der Waals surface area contributed by atoms with Crippen LogP contribution in [0.4, 0.5) is 0 Å². The largest absolute Gasteiger partial charge is 0.377 e. The monoisotopic (exact) mass is 294 g/mol. The maximum Gasteiger partial charge on any atom is 0.234 e. The molecule has 0 aromatic rings. The van der Waals surface area contributed by atoms with Crippen LogP contribution in [-0.4, -0.2) is 37.7 Å². The first-order valence-corrected chi connectivity index (χ1v) is 8.55. The highest BCUT2D eigenvalue weighted by atomic mass is 16.5. The topological polar surface area (TPSA) is 50.4 Å². The highest BCUT2D eigenvalue weighted by Gasteiger charge is 2.61. The number of nitrogens with one attached hydrogen (secondary N) is 2. The van der Waals surface area contributed by atoms with E-state index in [9.17, 15) is 4.79 Å². The van der Waals surface area contributed by atoms with E-state index in [1.807, 2.05) is 0 Å². The van der Waals surface area contributed by atoms with Crippen molar-refractivity contribution < 1.29 is 9.53 Å². The minimum absolute atomic E-state index is 0.141. The number of hydrogen-bond donors (Lipinski definition) is 2. The van der Waals surface area contributed by atoms with Crippen molar-refractivity contribution in [3.05, 3.63) is 0 Å². The molecule has 1 heterocycles. The Morgan fingerprint density at radius 1 is 1.29 bits per heavy atom. The van der Waals surface area contributed by atoms with Crippen LogP contribution in [0.25, 0.3) is 0 Å². The Bertz CT molecular complexity index is 404. The average Bonchev–Trinajstić information content (AvgIpc) is 3.05. The highest BCUT2D eigenvalue weighted by molar-refractivity contribution is 5.78. The summed E-state index contributed by atoms with van der Waals surface area (Å²) in [6, 6.07) is 0.350. The van der Waals surface area contributed by atoms with Crippen molar-refractivity contribution in [2.24, 2.45) is 16.7 Å². The van der Waals surface area contributed by atoms with Crippen LogP contribution < -0.4 is 10.6 Å². The third-order valence-electron chi connectivity index (χ3n) is 6.81. The van der Waals surface area contributed by atoms with Crippen molar-refractivity contribution in [3.8, 4) is 0 Å². The molecule has 3 fully saturated rings. The minimum Gasteiger partial charge on any atom is -0.377 e. The summed E-state index contributed by atoms with van der Waals surface area (Å²) in [6.45, 7) is 9.21. The minimum atomic E-state index is 0.141. The van der Waals surface area contributed by atoms with Gasteiger partial charge in [-0.2, -0.15) is 0 Å². The van der Waals surface area contributed by atoms with Gasteiger partial charge in [0.2, 0.25) is 5.91 Å². The van der Waals surface area contributed by atoms with Gasteiger partial charge in [0.15, 0.2) is 0 Å². The molecular weight excluding hydrogens is 264 g/mol. The number of ether oxygens (including phenoxy) is 1. The first-order chi connectivity index (χ1) is 9.93. The summed E-state index contributed by atoms with van der Waals surface area (Å²) in [4.78, 5) is 12.2. The molecule has 120 valence electrons. The molecule has 2 aliphatic carbocycles. The predicted molar refractivity (Wildman–Crippen MR) is 83.0 cm³/mol. The van der Waals surface area contributed by atoms with E-state index in [-0.39, 0.29) is 11.3 Å². The Hall–Kier alpha value is -0.610. The molecule has 2 bridgehead atoms. The van der Waals surface area contributed by atoms with E-state index in [0.717, 1.165) is 38.3 Å². The number of rotatable bonds is 5. The van der Waals surface area contributed by atoms with E-state index >= 15 is 0 Å². The summed E-state index contributed by atoms with van der Waals surface area (Å²) in [7, 11) is 0. The van der Waals surface area contributed by atoms with E-state index in [0.29, 0.717) is 24.1 Å². The van der Waals surface area contributed by atoms with Crippen molar-refractivity contribution in [3.63, 3.8) is 0 Å². The molecule has 4 heteroatoms. The molecule has 4 atom stereocenters. The van der Waals surface area contributed by atoms with Crippen molar-refractivity contribution in [2.75, 3.05) is 19.7 Å². The molecule has 4 nitrogen and oxygen atoms in total. The molecule has 0 aromatic carbocycles. The lowest BCUT2D eigenvalue weighted by atomic mass is 9.69. The average molecular weight is 294 g/mol. The molecule has 0 radical (unpaired) electrons. The summed E-state index contributed by atoms with van der Waals surface area (Å²) < 4.78 is 5.56. The summed E-state index contributed by atoms with van der Waals surface area (Å²) in [5, 5.41) is 6.53. The van der Waals surface area contributed by atoms with Crippen molar-refractivity contribution in [1.29, 1.82) is 0 Å². The van der Waals surface area contributed by atoms with Crippen LogP contribution >= 0.6 is 0 Å². The molecule has 3 aliphatic rings. The molecule has 4 unspecified atom stereocenters. The SMILES string of the molecule is CC1(C)C2CCC1(C)C(NC(=O)CNCC1CCCO1)C2. The van der Waals surface area contributed by atoms with E-state index in [2.05, 4.69) is 31.4 Å². The standard InChI is InChI=1S/C17H30N2O2/c1-16(2)12-6-7-17(16,3)14(9-12)19-15(20)11-18-10-13-5-4-8-21-13/h12-14,18H,4-11H2,1-3H3,(H,19,20). The molecule has 0 spiro atoms. The lowest BCUT2D eigenvalue weighted by Crippen LogP contribution is -2.49. The van der Waals surface area contributed by atoms with Gasteiger partial charge < -0.3 is 15.4 Å². The lowest BCUT2D eigenvalue weighted by Gasteiger charge is -2.39. The number of carbonyl (C=O) groups excluding carboxylic acids is 1. The molecule has 0 aromatic heterocycles. The van der Waals surface area contributed by atoms with Gasteiger partial charge in [0, 0.05) is 19.2 Å². The lowest BCUT2D eigenvalue weighted by molar-refractivity contribution is -0.122. The fourth-order valence-electron chi connectivity index (χ4n) is 4.82. The van der Waals surface area contributed by atoms with Crippen LogP contribution in [-0.2, 0) is 9.53 Å². The number of hydrogen-bond acceptors (Lipinski definition) is 3. The maximum atomic E-state index is 12.2. The maximum absolute atomic E-state index is 12.2. The van der Waals surface area contributed by atoms with Gasteiger partial charge in [0.25, 0.3) is 0 Å². The van der Waals surface area contributed by atoms with Gasteiger partial charge >= 0.3 is 0 Å². The predicted octanol–water partition coefficient (Wildman–Crippen LogP) is 2.09. The molecule has 1 aliphatic heterocycles. The Morgan fingerprint density at radius 2 is 2.10 bits per heavy atom. The van der Waals surface area contributed by atoms with E-state index in [1.54, 1.807) is 0 Å². The molecule has 2 saturated carbocycles. The van der Waals surface area contributed by atoms with Gasteiger partial charge in [0.05, 0.1) is 12.6 Å². The summed E-state index contributed by atoms with van der Waals surface area (Å²) >= 11 is 0. The first-order valence-electron chi connectivity index (χ1n) is 8.55. The molecule has 2 N–H and O–H groups in total. The van der Waals surface area contributed by atoms with Crippen LogP contribution in [0.3, 0.4) is 0 Å². The third kappa shape index (κ3) is 2.61. The van der Waals surface area contributed by atoms with Crippen LogP contribution in [0, 0.1) is 16.7 Å². The zero-order valence-electron chi connectivity index (χ0n) is 13.7. The van der Waals surface area contributed by atoms with E-state index in [4.69, 9.17) is 4.74 Å². The van der Waals surface area contributed by atoms with Gasteiger partial charge in [-0.3, -0.25) is 4.79 Å². The van der Waals surface area contributed by atoms with Crippen LogP contribution in [0.5, 0.6) is 0 Å². The van der Waals surface area contributed by atoms with Gasteiger partial charge in [-0.05, 0) is 48.9 Å². The molecule has 21 heavy (non-hydrogen) atoms. The number of carbonyl (C=O) groups is 1. The summed E-state index contributed by atoms with van der Waals surface area (Å²) in [6.07, 6.45) is 6.30. The Kier molecular flexibility index (Phi) is 4.04. The van der Waals surface area contributed by atoms with Crippen molar-refractivity contribution in [1.82, 2.24) is 10.6 Å². The van der Waals surface area contributed by atoms with Crippen molar-refractivity contribution in [2.45, 2.75) is 65.0 Å². The Balaban J connectivity index is 1.45. The zero-order valence-corrected chi connectivity index (χ0v) is 13.7. The van der Waals surface area contributed by atoms with E-state index < -0.39 is 0 Å². The van der Waals surface area contributed by atoms with Crippen LogP contribution in [0.1, 0.15) is 52.9 Å². The second kappa shape index (κ2) is 5.54. The van der Waals surface area contributed by atoms with Crippen LogP contribution in [0.2, 0.25) is 0 Å². The summed E-state index contributed by atoms with van der Waals surface area (Å²) in [5.74, 6) is 0.912. The number of fused-ring (bicyclic) bond motifs is 2. The third-order valence-corrected chi connectivity index (χ3v) is 6.81. The Morgan fingerprint density at radius 3 is 2.67 bits per heavy atom. The second-order valence-electron chi connectivity index (χ2n) is 8.00. The zero-order chi connectivity index (χ0) is 15.1. The van der Waals surface area contributed by atoms with Gasteiger partial charge in [-0.15, -0.1) is 0 Å². The van der Waals surface area contributed by atoms with Crippen molar-refractivity contribution >= 4 is 5.91 Å². The van der Waals surface area contributed by atoms with Gasteiger partial charge in [0.1, 0.15) is 0 Å². The molecule has 3 rings (SSSR count). The molecular formula is C17H30N2O2. The smallest absolute Gasteiger partial charge is 0.234 e. The quantitative estimate of drug-likeness (QED) is 0.816. The van der Waals surface area contributed by atoms with Crippen LogP contribution in [0.15, 0.2) is 0 Å². The Labute approximate surface area is 128 Å². The normalized spacial score (nSPS) is 40.6.